The number of amides is 2. The minimum absolute atomic E-state index is 0.00785. The fourth-order valence-corrected chi connectivity index (χ4v) is 3.92. The van der Waals surface area contributed by atoms with E-state index in [9.17, 15) is 9.59 Å². The Bertz CT molecular complexity index is 806. The molecule has 1 aromatic carbocycles. The van der Waals surface area contributed by atoms with E-state index >= 15 is 0 Å². The Kier molecular flexibility index (Phi) is 5.63. The minimum atomic E-state index is -0.252. The number of piperidine rings is 1. The van der Waals surface area contributed by atoms with Crippen LogP contribution in [0, 0.1) is 26.7 Å². The van der Waals surface area contributed by atoms with Crippen molar-refractivity contribution < 1.29 is 9.59 Å². The molecular weight excluding hydrogens is 340 g/mol. The van der Waals surface area contributed by atoms with Crippen molar-refractivity contribution in [2.24, 2.45) is 5.92 Å². The van der Waals surface area contributed by atoms with Gasteiger partial charge in [-0.25, -0.2) is 0 Å². The van der Waals surface area contributed by atoms with Gasteiger partial charge in [0, 0.05) is 30.8 Å². The molecule has 3 rings (SSSR count). The Morgan fingerprint density at radius 2 is 1.96 bits per heavy atom. The van der Waals surface area contributed by atoms with Crippen molar-refractivity contribution in [2.75, 3.05) is 6.54 Å². The zero-order valence-electron chi connectivity index (χ0n) is 16.5. The molecule has 1 fully saturated rings. The maximum absolute atomic E-state index is 13.1. The van der Waals surface area contributed by atoms with Gasteiger partial charge in [-0.2, -0.15) is 5.10 Å². The summed E-state index contributed by atoms with van der Waals surface area (Å²) >= 11 is 0. The van der Waals surface area contributed by atoms with Crippen molar-refractivity contribution in [1.29, 1.82) is 0 Å². The van der Waals surface area contributed by atoms with Crippen molar-refractivity contribution >= 4 is 11.8 Å². The second kappa shape index (κ2) is 7.94. The quantitative estimate of drug-likeness (QED) is 0.852. The number of aromatic amines is 1. The molecule has 0 unspecified atom stereocenters. The van der Waals surface area contributed by atoms with E-state index < -0.39 is 0 Å². The summed E-state index contributed by atoms with van der Waals surface area (Å²) < 4.78 is 0. The van der Waals surface area contributed by atoms with Crippen LogP contribution in [-0.2, 0) is 16.1 Å². The largest absolute Gasteiger partial charge is 0.352 e. The zero-order chi connectivity index (χ0) is 19.6. The fraction of sp³-hybridized carbons (Fsp3) is 0.476. The van der Waals surface area contributed by atoms with Gasteiger partial charge in [-0.05, 0) is 39.7 Å². The first kappa shape index (κ1) is 19.1. The van der Waals surface area contributed by atoms with E-state index in [0.29, 0.717) is 25.9 Å². The smallest absolute Gasteiger partial charge is 0.225 e. The van der Waals surface area contributed by atoms with Crippen LogP contribution in [0.15, 0.2) is 24.3 Å². The summed E-state index contributed by atoms with van der Waals surface area (Å²) in [5, 5.41) is 10.2. The summed E-state index contributed by atoms with van der Waals surface area (Å²) in [6.07, 6.45) is 0.987. The number of rotatable bonds is 5. The maximum Gasteiger partial charge on any atom is 0.225 e. The molecule has 144 valence electrons. The number of hydrogen-bond donors (Lipinski definition) is 2. The number of carbonyl (C=O) groups is 2. The Morgan fingerprint density at radius 3 is 2.56 bits per heavy atom. The number of hydrogen-bond acceptors (Lipinski definition) is 3. The lowest BCUT2D eigenvalue weighted by Crippen LogP contribution is -2.47. The fourth-order valence-electron chi connectivity index (χ4n) is 3.92. The number of aryl methyl sites for hydroxylation is 3. The molecule has 0 radical (unpaired) electrons. The van der Waals surface area contributed by atoms with Crippen molar-refractivity contribution in [3.05, 3.63) is 52.3 Å². The summed E-state index contributed by atoms with van der Waals surface area (Å²) in [6, 6.07) is 7.92. The molecule has 1 aliphatic heterocycles. The third-order valence-electron chi connectivity index (χ3n) is 5.52. The van der Waals surface area contributed by atoms with Gasteiger partial charge in [0.05, 0.1) is 17.7 Å². The number of H-pyrrole nitrogens is 1. The third kappa shape index (κ3) is 3.89. The van der Waals surface area contributed by atoms with E-state index in [2.05, 4.69) is 15.5 Å². The summed E-state index contributed by atoms with van der Waals surface area (Å²) in [6.45, 7) is 8.93. The Balaban J connectivity index is 1.83. The van der Waals surface area contributed by atoms with Crippen LogP contribution >= 0.6 is 0 Å². The van der Waals surface area contributed by atoms with Crippen LogP contribution in [0.5, 0.6) is 0 Å². The second-order valence-corrected chi connectivity index (χ2v) is 7.31. The van der Waals surface area contributed by atoms with E-state index in [1.807, 2.05) is 56.9 Å². The first-order chi connectivity index (χ1) is 12.9. The molecule has 1 saturated heterocycles. The van der Waals surface area contributed by atoms with E-state index in [-0.39, 0.29) is 23.8 Å². The van der Waals surface area contributed by atoms with Crippen molar-refractivity contribution in [3.63, 3.8) is 0 Å². The standard InChI is InChI=1S/C21H28N4O2/c1-5-25-19(26)11-10-17(20(25)16-8-6-13(2)7-9-16)21(27)22-12-18-14(3)23-24-15(18)4/h6-9,17,20H,5,10-12H2,1-4H3,(H,22,27)(H,23,24)/t17-,20+/m1/s1. The molecule has 0 saturated carbocycles. The predicted molar refractivity (Wildman–Crippen MR) is 104 cm³/mol. The van der Waals surface area contributed by atoms with Crippen LogP contribution in [0.3, 0.4) is 0 Å². The molecule has 2 N–H and O–H groups in total. The van der Waals surface area contributed by atoms with Crippen molar-refractivity contribution in [3.8, 4) is 0 Å². The molecule has 2 heterocycles. The third-order valence-corrected chi connectivity index (χ3v) is 5.52. The number of nitrogens with one attached hydrogen (secondary N) is 2. The summed E-state index contributed by atoms with van der Waals surface area (Å²) in [4.78, 5) is 27.4. The number of likely N-dealkylation sites (tertiary alicyclic amines) is 1. The highest BCUT2D eigenvalue weighted by Gasteiger charge is 2.39. The van der Waals surface area contributed by atoms with Crippen LogP contribution in [0.25, 0.3) is 0 Å². The number of benzene rings is 1. The van der Waals surface area contributed by atoms with Gasteiger partial charge in [0.1, 0.15) is 0 Å². The summed E-state index contributed by atoms with van der Waals surface area (Å²) in [5.74, 6) is -0.141. The Hall–Kier alpha value is -2.63. The van der Waals surface area contributed by atoms with E-state index in [1.165, 1.54) is 0 Å². The monoisotopic (exact) mass is 368 g/mol. The van der Waals surface area contributed by atoms with Crippen LogP contribution in [0.1, 0.15) is 53.9 Å². The highest BCUT2D eigenvalue weighted by molar-refractivity contribution is 5.85. The molecular formula is C21H28N4O2. The van der Waals surface area contributed by atoms with Crippen LogP contribution in [0.2, 0.25) is 0 Å². The molecule has 27 heavy (non-hydrogen) atoms. The minimum Gasteiger partial charge on any atom is -0.352 e. The maximum atomic E-state index is 13.1. The van der Waals surface area contributed by atoms with E-state index in [0.717, 1.165) is 28.1 Å². The second-order valence-electron chi connectivity index (χ2n) is 7.31. The van der Waals surface area contributed by atoms with Crippen molar-refractivity contribution in [1.82, 2.24) is 20.4 Å². The summed E-state index contributed by atoms with van der Waals surface area (Å²) in [7, 11) is 0. The van der Waals surface area contributed by atoms with Crippen LogP contribution in [-0.4, -0.2) is 33.5 Å². The van der Waals surface area contributed by atoms with Gasteiger partial charge < -0.3 is 10.2 Å². The predicted octanol–water partition coefficient (Wildman–Crippen LogP) is 2.95. The van der Waals surface area contributed by atoms with Gasteiger partial charge in [-0.15, -0.1) is 0 Å². The molecule has 0 aliphatic carbocycles. The Morgan fingerprint density at radius 1 is 1.26 bits per heavy atom. The molecule has 6 nitrogen and oxygen atoms in total. The van der Waals surface area contributed by atoms with Gasteiger partial charge in [0.25, 0.3) is 0 Å². The highest BCUT2D eigenvalue weighted by atomic mass is 16.2. The molecule has 0 bridgehead atoms. The highest BCUT2D eigenvalue weighted by Crippen LogP contribution is 2.37. The van der Waals surface area contributed by atoms with Gasteiger partial charge in [-0.3, -0.25) is 14.7 Å². The normalized spacial score (nSPS) is 20.0. The van der Waals surface area contributed by atoms with Crippen LogP contribution in [0.4, 0.5) is 0 Å². The van der Waals surface area contributed by atoms with Gasteiger partial charge >= 0.3 is 0 Å². The molecule has 6 heteroatoms. The van der Waals surface area contributed by atoms with Crippen molar-refractivity contribution in [2.45, 2.75) is 53.1 Å². The first-order valence-electron chi connectivity index (χ1n) is 9.56. The van der Waals surface area contributed by atoms with Gasteiger partial charge in [0.2, 0.25) is 11.8 Å². The van der Waals surface area contributed by atoms with E-state index in [4.69, 9.17) is 0 Å². The number of carbonyl (C=O) groups excluding carboxylic acids is 2. The average molecular weight is 368 g/mol. The van der Waals surface area contributed by atoms with Gasteiger partial charge in [-0.1, -0.05) is 29.8 Å². The SMILES string of the molecule is CCN1C(=O)CC[C@@H](C(=O)NCc2c(C)n[nH]c2C)[C@@H]1c1ccc(C)cc1. The molecule has 2 aromatic rings. The molecule has 2 amide bonds. The lowest BCUT2D eigenvalue weighted by atomic mass is 9.83. The number of nitrogens with zero attached hydrogens (tertiary/aromatic N) is 2. The number of aromatic nitrogens is 2. The topological polar surface area (TPSA) is 78.1 Å². The molecule has 1 aliphatic rings. The van der Waals surface area contributed by atoms with Crippen LogP contribution < -0.4 is 5.32 Å². The summed E-state index contributed by atoms with van der Waals surface area (Å²) in [5.41, 5.74) is 5.07. The molecule has 2 atom stereocenters. The lowest BCUT2D eigenvalue weighted by Gasteiger charge is -2.40. The lowest BCUT2D eigenvalue weighted by molar-refractivity contribution is -0.143. The average Bonchev–Trinajstić information content (AvgIpc) is 2.98. The zero-order valence-corrected chi connectivity index (χ0v) is 16.5. The van der Waals surface area contributed by atoms with Gasteiger partial charge in [0.15, 0.2) is 0 Å². The molecule has 1 aromatic heterocycles. The molecule has 0 spiro atoms. The first-order valence-corrected chi connectivity index (χ1v) is 9.56. The Labute approximate surface area is 160 Å². The van der Waals surface area contributed by atoms with E-state index in [1.54, 1.807) is 0 Å².